The highest BCUT2D eigenvalue weighted by Gasteiger charge is 2.10. The zero-order valence-electron chi connectivity index (χ0n) is 10.4. The van der Waals surface area contributed by atoms with Gasteiger partial charge in [-0.1, -0.05) is 12.1 Å². The lowest BCUT2D eigenvalue weighted by Crippen LogP contribution is -2.03. The van der Waals surface area contributed by atoms with Crippen molar-refractivity contribution in [2.24, 2.45) is 0 Å². The topological polar surface area (TPSA) is 46.0 Å². The zero-order chi connectivity index (χ0) is 13.1. The Kier molecular flexibility index (Phi) is 3.53. The molecule has 1 unspecified atom stereocenters. The van der Waals surface area contributed by atoms with Crippen LogP contribution in [0.2, 0.25) is 0 Å². The van der Waals surface area contributed by atoms with E-state index in [0.717, 1.165) is 17.5 Å². The third-order valence-corrected chi connectivity index (χ3v) is 3.83. The van der Waals surface area contributed by atoms with Gasteiger partial charge in [-0.05, 0) is 47.4 Å². The van der Waals surface area contributed by atoms with Gasteiger partial charge in [-0.15, -0.1) is 0 Å². The SMILES string of the molecule is OC(CCc1ccsc1)c1cnc2ccccc2n1. The predicted octanol–water partition coefficient (Wildman–Crippen LogP) is 3.36. The number of rotatable bonds is 4. The number of thiophene rings is 1. The van der Waals surface area contributed by atoms with Crippen molar-refractivity contribution in [1.29, 1.82) is 0 Å². The molecule has 1 aromatic carbocycles. The Morgan fingerprint density at radius 2 is 2.00 bits per heavy atom. The molecule has 0 saturated heterocycles. The number of benzene rings is 1. The minimum Gasteiger partial charge on any atom is -0.387 e. The minimum atomic E-state index is -0.558. The fourth-order valence-electron chi connectivity index (χ4n) is 2.02. The van der Waals surface area contributed by atoms with E-state index in [9.17, 15) is 5.11 Å². The van der Waals surface area contributed by atoms with Crippen LogP contribution in [0.25, 0.3) is 11.0 Å². The Morgan fingerprint density at radius 1 is 1.16 bits per heavy atom. The van der Waals surface area contributed by atoms with Crippen LogP contribution in [0.15, 0.2) is 47.3 Å². The second kappa shape index (κ2) is 5.47. The first kappa shape index (κ1) is 12.3. The van der Waals surface area contributed by atoms with E-state index in [-0.39, 0.29) is 0 Å². The van der Waals surface area contributed by atoms with Gasteiger partial charge < -0.3 is 5.11 Å². The molecule has 19 heavy (non-hydrogen) atoms. The van der Waals surface area contributed by atoms with Crippen LogP contribution in [-0.2, 0) is 6.42 Å². The normalized spacial score (nSPS) is 12.7. The number of aryl methyl sites for hydroxylation is 1. The van der Waals surface area contributed by atoms with Crippen LogP contribution in [0.3, 0.4) is 0 Å². The largest absolute Gasteiger partial charge is 0.387 e. The van der Waals surface area contributed by atoms with Gasteiger partial charge in [-0.25, -0.2) is 4.98 Å². The van der Waals surface area contributed by atoms with Gasteiger partial charge in [0, 0.05) is 0 Å². The number of aliphatic hydroxyl groups excluding tert-OH is 1. The molecule has 0 aliphatic carbocycles. The molecule has 3 nitrogen and oxygen atoms in total. The lowest BCUT2D eigenvalue weighted by Gasteiger charge is -2.09. The van der Waals surface area contributed by atoms with Crippen molar-refractivity contribution in [3.8, 4) is 0 Å². The fourth-order valence-corrected chi connectivity index (χ4v) is 2.72. The van der Waals surface area contributed by atoms with E-state index in [0.29, 0.717) is 12.1 Å². The lowest BCUT2D eigenvalue weighted by molar-refractivity contribution is 0.163. The zero-order valence-corrected chi connectivity index (χ0v) is 11.2. The van der Waals surface area contributed by atoms with E-state index < -0.39 is 6.10 Å². The van der Waals surface area contributed by atoms with Crippen LogP contribution < -0.4 is 0 Å². The predicted molar refractivity (Wildman–Crippen MR) is 77.1 cm³/mol. The highest BCUT2D eigenvalue weighted by Crippen LogP contribution is 2.19. The number of fused-ring (bicyclic) bond motifs is 1. The molecule has 3 aromatic rings. The van der Waals surface area contributed by atoms with Crippen LogP contribution in [-0.4, -0.2) is 15.1 Å². The molecule has 0 saturated carbocycles. The minimum absolute atomic E-state index is 0.558. The third kappa shape index (κ3) is 2.80. The molecule has 0 spiro atoms. The molecule has 1 N–H and O–H groups in total. The fraction of sp³-hybridized carbons (Fsp3) is 0.200. The molecule has 0 bridgehead atoms. The maximum absolute atomic E-state index is 10.2. The molecule has 0 amide bonds. The second-order valence-corrected chi connectivity index (χ2v) is 5.25. The van der Waals surface area contributed by atoms with Gasteiger partial charge in [0.2, 0.25) is 0 Å². The second-order valence-electron chi connectivity index (χ2n) is 4.47. The summed E-state index contributed by atoms with van der Waals surface area (Å²) in [5.74, 6) is 0. The number of para-hydroxylation sites is 2. The van der Waals surface area contributed by atoms with Crippen molar-refractivity contribution in [2.75, 3.05) is 0 Å². The summed E-state index contributed by atoms with van der Waals surface area (Å²) < 4.78 is 0. The summed E-state index contributed by atoms with van der Waals surface area (Å²) in [6, 6.07) is 9.78. The molecule has 2 aromatic heterocycles. The molecule has 96 valence electrons. The van der Waals surface area contributed by atoms with Crippen molar-refractivity contribution in [3.63, 3.8) is 0 Å². The summed E-state index contributed by atoms with van der Waals surface area (Å²) >= 11 is 1.68. The molecular weight excluding hydrogens is 256 g/mol. The van der Waals surface area contributed by atoms with E-state index in [1.165, 1.54) is 5.56 Å². The van der Waals surface area contributed by atoms with E-state index in [2.05, 4.69) is 26.8 Å². The molecule has 2 heterocycles. The Balaban J connectivity index is 1.75. The van der Waals surface area contributed by atoms with Gasteiger partial charge in [0.15, 0.2) is 0 Å². The summed E-state index contributed by atoms with van der Waals surface area (Å²) in [7, 11) is 0. The first-order chi connectivity index (χ1) is 9.33. The van der Waals surface area contributed by atoms with Crippen LogP contribution in [0.5, 0.6) is 0 Å². The molecule has 0 radical (unpaired) electrons. The van der Waals surface area contributed by atoms with E-state index in [1.54, 1.807) is 17.5 Å². The van der Waals surface area contributed by atoms with E-state index >= 15 is 0 Å². The summed E-state index contributed by atoms with van der Waals surface area (Å²) in [5, 5.41) is 14.3. The average molecular weight is 270 g/mol. The number of hydrogen-bond acceptors (Lipinski definition) is 4. The van der Waals surface area contributed by atoms with Crippen molar-refractivity contribution in [3.05, 3.63) is 58.5 Å². The molecule has 0 aliphatic rings. The maximum atomic E-state index is 10.2. The highest BCUT2D eigenvalue weighted by atomic mass is 32.1. The standard InChI is InChI=1S/C15H14N2OS/c18-15(6-5-11-7-8-19-10-11)14-9-16-12-3-1-2-4-13(12)17-14/h1-4,7-10,15,18H,5-6H2. The Morgan fingerprint density at radius 3 is 2.79 bits per heavy atom. The molecule has 0 aliphatic heterocycles. The van der Waals surface area contributed by atoms with E-state index in [4.69, 9.17) is 0 Å². The van der Waals surface area contributed by atoms with Crippen molar-refractivity contribution in [2.45, 2.75) is 18.9 Å². The number of nitrogens with zero attached hydrogens (tertiary/aromatic N) is 2. The van der Waals surface area contributed by atoms with Crippen LogP contribution in [0, 0.1) is 0 Å². The van der Waals surface area contributed by atoms with Crippen LogP contribution in [0.4, 0.5) is 0 Å². The van der Waals surface area contributed by atoms with Gasteiger partial charge in [-0.3, -0.25) is 4.98 Å². The van der Waals surface area contributed by atoms with Gasteiger partial charge in [0.25, 0.3) is 0 Å². The monoisotopic (exact) mass is 270 g/mol. The van der Waals surface area contributed by atoms with Gasteiger partial charge >= 0.3 is 0 Å². The van der Waals surface area contributed by atoms with Crippen LogP contribution in [0.1, 0.15) is 23.8 Å². The Bertz CT molecular complexity index is 667. The molecular formula is C15H14N2OS. The number of aliphatic hydroxyl groups is 1. The number of aromatic nitrogens is 2. The van der Waals surface area contributed by atoms with Crippen molar-refractivity contribution >= 4 is 22.4 Å². The Labute approximate surface area is 115 Å². The first-order valence-corrected chi connectivity index (χ1v) is 7.18. The maximum Gasteiger partial charge on any atom is 0.0978 e. The Hall–Kier alpha value is -1.78. The smallest absolute Gasteiger partial charge is 0.0978 e. The van der Waals surface area contributed by atoms with Gasteiger partial charge in [-0.2, -0.15) is 11.3 Å². The number of hydrogen-bond donors (Lipinski definition) is 1. The van der Waals surface area contributed by atoms with Gasteiger partial charge in [0.05, 0.1) is 29.0 Å². The summed E-state index contributed by atoms with van der Waals surface area (Å²) in [6.07, 6.45) is 2.64. The summed E-state index contributed by atoms with van der Waals surface area (Å²) in [5.41, 5.74) is 3.59. The summed E-state index contributed by atoms with van der Waals surface area (Å²) in [4.78, 5) is 8.79. The highest BCUT2D eigenvalue weighted by molar-refractivity contribution is 7.07. The van der Waals surface area contributed by atoms with Crippen molar-refractivity contribution in [1.82, 2.24) is 9.97 Å². The lowest BCUT2D eigenvalue weighted by atomic mass is 10.1. The third-order valence-electron chi connectivity index (χ3n) is 3.10. The van der Waals surface area contributed by atoms with Crippen LogP contribution >= 0.6 is 11.3 Å². The molecule has 4 heteroatoms. The molecule has 1 atom stereocenters. The van der Waals surface area contributed by atoms with E-state index in [1.807, 2.05) is 24.3 Å². The quantitative estimate of drug-likeness (QED) is 0.790. The molecule has 0 fully saturated rings. The van der Waals surface area contributed by atoms with Crippen molar-refractivity contribution < 1.29 is 5.11 Å². The summed E-state index contributed by atoms with van der Waals surface area (Å²) in [6.45, 7) is 0. The van der Waals surface area contributed by atoms with Gasteiger partial charge in [0.1, 0.15) is 0 Å². The average Bonchev–Trinajstić information content (AvgIpc) is 2.97. The molecule has 3 rings (SSSR count). The first-order valence-electron chi connectivity index (χ1n) is 6.24.